The molecule has 1 fully saturated rings. The highest BCUT2D eigenvalue weighted by molar-refractivity contribution is 6.33. The summed E-state index contributed by atoms with van der Waals surface area (Å²) in [6.45, 7) is 3.38. The molecule has 0 radical (unpaired) electrons. The van der Waals surface area contributed by atoms with Crippen LogP contribution in [-0.4, -0.2) is 42.4 Å². The summed E-state index contributed by atoms with van der Waals surface area (Å²) >= 11 is 5.94. The van der Waals surface area contributed by atoms with E-state index >= 15 is 0 Å². The van der Waals surface area contributed by atoms with Crippen molar-refractivity contribution in [3.05, 3.63) is 32.8 Å². The van der Waals surface area contributed by atoms with Gasteiger partial charge in [-0.3, -0.25) is 10.1 Å². The van der Waals surface area contributed by atoms with Crippen LogP contribution in [0.1, 0.15) is 5.56 Å². The predicted molar refractivity (Wildman–Crippen MR) is 71.9 cm³/mol. The fraction of sp³-hybridized carbons (Fsp3) is 0.500. The lowest BCUT2D eigenvalue weighted by atomic mass is 10.1. The summed E-state index contributed by atoms with van der Waals surface area (Å²) < 4.78 is 5.31. The van der Waals surface area contributed by atoms with Gasteiger partial charge in [-0.1, -0.05) is 11.6 Å². The first-order chi connectivity index (χ1) is 9.04. The molecule has 1 N–H and O–H groups in total. The highest BCUT2D eigenvalue weighted by atomic mass is 35.5. The van der Waals surface area contributed by atoms with Crippen LogP contribution in [0.5, 0.6) is 0 Å². The number of aliphatic hydroxyl groups excluding tert-OH is 1. The van der Waals surface area contributed by atoms with E-state index in [1.807, 2.05) is 4.90 Å². The first-order valence-corrected chi connectivity index (χ1v) is 6.32. The number of benzene rings is 1. The van der Waals surface area contributed by atoms with Crippen molar-refractivity contribution in [3.63, 3.8) is 0 Å². The molecule has 1 aliphatic rings. The highest BCUT2D eigenvalue weighted by Gasteiger charge is 2.26. The van der Waals surface area contributed by atoms with E-state index in [2.05, 4.69) is 0 Å². The van der Waals surface area contributed by atoms with Crippen LogP contribution in [0, 0.1) is 17.0 Å². The second-order valence-corrected chi connectivity index (χ2v) is 4.86. The molecule has 2 rings (SSSR count). The number of nitro groups is 1. The second kappa shape index (κ2) is 5.73. The number of morpholine rings is 1. The Bertz CT molecular complexity index is 495. The number of hydrogen-bond acceptors (Lipinski definition) is 5. The van der Waals surface area contributed by atoms with Crippen molar-refractivity contribution >= 4 is 23.0 Å². The van der Waals surface area contributed by atoms with Crippen LogP contribution in [0.15, 0.2) is 12.1 Å². The summed E-state index contributed by atoms with van der Waals surface area (Å²) in [5.41, 5.74) is 1.46. The molecule has 1 aliphatic heterocycles. The van der Waals surface area contributed by atoms with Crippen LogP contribution in [0.2, 0.25) is 5.02 Å². The van der Waals surface area contributed by atoms with Gasteiger partial charge in [-0.05, 0) is 18.6 Å². The molecule has 0 aromatic heterocycles. The number of nitro benzene ring substituents is 1. The summed E-state index contributed by atoms with van der Waals surface area (Å²) in [4.78, 5) is 12.3. The lowest BCUT2D eigenvalue weighted by Crippen LogP contribution is -2.48. The zero-order chi connectivity index (χ0) is 14.0. The lowest BCUT2D eigenvalue weighted by Gasteiger charge is -2.37. The molecular formula is C12H15ClN2O4. The topological polar surface area (TPSA) is 75.8 Å². The van der Waals surface area contributed by atoms with E-state index < -0.39 is 4.92 Å². The Labute approximate surface area is 115 Å². The fourth-order valence-electron chi connectivity index (χ4n) is 2.23. The minimum absolute atomic E-state index is 0.0337. The molecule has 1 saturated heterocycles. The van der Waals surface area contributed by atoms with Gasteiger partial charge in [0.25, 0.3) is 5.69 Å². The number of aliphatic hydroxyl groups is 1. The molecule has 0 amide bonds. The van der Waals surface area contributed by atoms with Gasteiger partial charge in [-0.25, -0.2) is 0 Å². The van der Waals surface area contributed by atoms with Crippen molar-refractivity contribution in [3.8, 4) is 0 Å². The maximum absolute atomic E-state index is 10.8. The van der Waals surface area contributed by atoms with E-state index in [9.17, 15) is 15.2 Å². The number of aryl methyl sites for hydroxylation is 1. The van der Waals surface area contributed by atoms with Crippen molar-refractivity contribution in [2.24, 2.45) is 0 Å². The van der Waals surface area contributed by atoms with Gasteiger partial charge in [0, 0.05) is 18.3 Å². The summed E-state index contributed by atoms with van der Waals surface area (Å²) in [7, 11) is 0. The summed E-state index contributed by atoms with van der Waals surface area (Å²) in [6, 6.07) is 2.90. The average molecular weight is 287 g/mol. The maximum Gasteiger partial charge on any atom is 0.288 e. The summed E-state index contributed by atoms with van der Waals surface area (Å²) in [5, 5.41) is 20.3. The molecule has 6 nitrogen and oxygen atoms in total. The average Bonchev–Trinajstić information content (AvgIpc) is 2.40. The zero-order valence-corrected chi connectivity index (χ0v) is 11.3. The smallest absolute Gasteiger partial charge is 0.288 e. The number of nitrogens with zero attached hydrogens (tertiary/aromatic N) is 2. The van der Waals surface area contributed by atoms with Crippen molar-refractivity contribution in [2.75, 3.05) is 31.3 Å². The van der Waals surface area contributed by atoms with E-state index in [1.165, 1.54) is 6.07 Å². The van der Waals surface area contributed by atoms with Crippen LogP contribution < -0.4 is 4.90 Å². The Morgan fingerprint density at radius 3 is 3.00 bits per heavy atom. The Kier molecular flexibility index (Phi) is 4.24. The monoisotopic (exact) mass is 286 g/mol. The van der Waals surface area contributed by atoms with Crippen molar-refractivity contribution in [1.29, 1.82) is 0 Å². The van der Waals surface area contributed by atoms with Crippen molar-refractivity contribution in [1.82, 2.24) is 0 Å². The number of hydrogen-bond donors (Lipinski definition) is 1. The van der Waals surface area contributed by atoms with Crippen molar-refractivity contribution < 1.29 is 14.8 Å². The molecule has 7 heteroatoms. The van der Waals surface area contributed by atoms with Gasteiger partial charge in [0.2, 0.25) is 0 Å². The molecule has 1 atom stereocenters. The molecule has 1 aromatic carbocycles. The van der Waals surface area contributed by atoms with Gasteiger partial charge in [0.15, 0.2) is 0 Å². The summed E-state index contributed by atoms with van der Waals surface area (Å²) in [6.07, 6.45) is 0. The first kappa shape index (κ1) is 14.0. The maximum atomic E-state index is 10.8. The van der Waals surface area contributed by atoms with E-state index in [0.717, 1.165) is 11.3 Å². The Morgan fingerprint density at radius 1 is 1.63 bits per heavy atom. The van der Waals surface area contributed by atoms with Crippen LogP contribution in [0.3, 0.4) is 0 Å². The molecule has 1 heterocycles. The van der Waals surface area contributed by atoms with E-state index in [0.29, 0.717) is 19.8 Å². The Morgan fingerprint density at radius 2 is 2.37 bits per heavy atom. The second-order valence-electron chi connectivity index (χ2n) is 4.45. The van der Waals surface area contributed by atoms with E-state index in [4.69, 9.17) is 16.3 Å². The molecule has 0 spiro atoms. The van der Waals surface area contributed by atoms with Gasteiger partial charge in [0.05, 0.1) is 30.8 Å². The number of ether oxygens (including phenoxy) is 1. The van der Waals surface area contributed by atoms with Gasteiger partial charge in [-0.2, -0.15) is 0 Å². The van der Waals surface area contributed by atoms with Crippen LogP contribution in [0.4, 0.5) is 11.4 Å². The van der Waals surface area contributed by atoms with Gasteiger partial charge in [0.1, 0.15) is 5.02 Å². The standard InChI is InChI=1S/C12H15ClN2O4/c1-8-4-12(15(17)18)10(13)5-11(8)14-2-3-19-7-9(14)6-16/h4-5,9,16H,2-3,6-7H2,1H3. The van der Waals surface area contributed by atoms with Crippen LogP contribution >= 0.6 is 11.6 Å². The predicted octanol–water partition coefficient (Wildman–Crippen LogP) is 1.75. The van der Waals surface area contributed by atoms with Gasteiger partial charge in [-0.15, -0.1) is 0 Å². The molecule has 0 saturated carbocycles. The Hall–Kier alpha value is -1.37. The first-order valence-electron chi connectivity index (χ1n) is 5.94. The van der Waals surface area contributed by atoms with Crippen LogP contribution in [-0.2, 0) is 4.74 Å². The molecule has 1 aromatic rings. The normalized spacial score (nSPS) is 19.5. The number of halogens is 1. The number of rotatable bonds is 3. The van der Waals surface area contributed by atoms with Crippen LogP contribution in [0.25, 0.3) is 0 Å². The third kappa shape index (κ3) is 2.80. The largest absolute Gasteiger partial charge is 0.394 e. The highest BCUT2D eigenvalue weighted by Crippen LogP contribution is 2.33. The molecule has 0 aliphatic carbocycles. The minimum atomic E-state index is -0.498. The molecular weight excluding hydrogens is 272 g/mol. The molecule has 19 heavy (non-hydrogen) atoms. The van der Waals surface area contributed by atoms with Gasteiger partial charge < -0.3 is 14.7 Å². The Balaban J connectivity index is 2.39. The minimum Gasteiger partial charge on any atom is -0.394 e. The van der Waals surface area contributed by atoms with E-state index in [1.54, 1.807) is 13.0 Å². The zero-order valence-electron chi connectivity index (χ0n) is 10.5. The third-order valence-corrected chi connectivity index (χ3v) is 3.51. The number of anilines is 1. The third-order valence-electron chi connectivity index (χ3n) is 3.21. The molecule has 0 bridgehead atoms. The quantitative estimate of drug-likeness (QED) is 0.677. The summed E-state index contributed by atoms with van der Waals surface area (Å²) in [5.74, 6) is 0. The fourth-order valence-corrected chi connectivity index (χ4v) is 2.46. The van der Waals surface area contributed by atoms with Gasteiger partial charge >= 0.3 is 0 Å². The lowest BCUT2D eigenvalue weighted by molar-refractivity contribution is -0.384. The van der Waals surface area contributed by atoms with Crippen molar-refractivity contribution in [2.45, 2.75) is 13.0 Å². The SMILES string of the molecule is Cc1cc([N+](=O)[O-])c(Cl)cc1N1CCOCC1CO. The van der Waals surface area contributed by atoms with E-state index in [-0.39, 0.29) is 23.4 Å². The molecule has 104 valence electrons. The molecule has 1 unspecified atom stereocenters.